The van der Waals surface area contributed by atoms with Gasteiger partial charge in [0.1, 0.15) is 17.3 Å². The Morgan fingerprint density at radius 2 is 2.29 bits per heavy atom. The molecule has 0 bridgehead atoms. The van der Waals surface area contributed by atoms with Crippen LogP contribution in [0.15, 0.2) is 42.9 Å². The summed E-state index contributed by atoms with van der Waals surface area (Å²) in [4.78, 5) is 23.2. The predicted octanol–water partition coefficient (Wildman–Crippen LogP) is 3.60. The zero-order chi connectivity index (χ0) is 19.5. The molecule has 6 nitrogen and oxygen atoms in total. The van der Waals surface area contributed by atoms with Gasteiger partial charge >= 0.3 is 0 Å². The number of likely N-dealkylation sites (tertiary alicyclic amines) is 1. The van der Waals surface area contributed by atoms with Crippen molar-refractivity contribution >= 4 is 17.4 Å². The van der Waals surface area contributed by atoms with E-state index in [1.807, 2.05) is 21.6 Å². The highest BCUT2D eigenvalue weighted by Gasteiger charge is 2.21. The summed E-state index contributed by atoms with van der Waals surface area (Å²) in [5, 5.41) is 3.34. The van der Waals surface area contributed by atoms with Gasteiger partial charge in [-0.15, -0.1) is 0 Å². The standard InChI is InChI=1S/C21H24FN5O/c1-15-4-3-10-26(14-15)19(28)7-8-24-21-20(16-5-2-6-17(22)12-16)25-18-13-23-9-11-27(18)21/h2,5-6,9,11-13,15,24H,3-4,7-8,10,14H2,1H3/t15-/m0/s1. The normalized spacial score (nSPS) is 17.1. The Morgan fingerprint density at radius 1 is 1.39 bits per heavy atom. The van der Waals surface area contributed by atoms with Gasteiger partial charge in [0.2, 0.25) is 5.91 Å². The molecular formula is C21H24FN5O. The summed E-state index contributed by atoms with van der Waals surface area (Å²) in [5.74, 6) is 1.16. The number of fused-ring (bicyclic) bond motifs is 1. The number of halogens is 1. The van der Waals surface area contributed by atoms with E-state index in [-0.39, 0.29) is 11.7 Å². The molecule has 0 saturated carbocycles. The SMILES string of the molecule is C[C@H]1CCCN(C(=O)CCNc2c(-c3cccc(F)c3)nc3cnccn23)C1. The van der Waals surface area contributed by atoms with E-state index in [2.05, 4.69) is 22.2 Å². The van der Waals surface area contributed by atoms with Crippen LogP contribution in [-0.4, -0.2) is 44.8 Å². The van der Waals surface area contributed by atoms with Crippen molar-refractivity contribution in [2.75, 3.05) is 25.0 Å². The van der Waals surface area contributed by atoms with Crippen LogP contribution >= 0.6 is 0 Å². The molecule has 4 rings (SSSR count). The van der Waals surface area contributed by atoms with Gasteiger partial charge in [-0.05, 0) is 30.9 Å². The number of hydrogen-bond donors (Lipinski definition) is 1. The molecule has 1 saturated heterocycles. The Kier molecular flexibility index (Phi) is 5.23. The number of piperidine rings is 1. The van der Waals surface area contributed by atoms with Crippen LogP contribution in [-0.2, 0) is 4.79 Å². The molecule has 3 aromatic rings. The third-order valence-electron chi connectivity index (χ3n) is 5.17. The maximum Gasteiger partial charge on any atom is 0.224 e. The molecule has 1 atom stereocenters. The largest absolute Gasteiger partial charge is 0.369 e. The number of amides is 1. The lowest BCUT2D eigenvalue weighted by atomic mass is 10.00. The topological polar surface area (TPSA) is 62.5 Å². The number of nitrogens with zero attached hydrogens (tertiary/aromatic N) is 4. The first-order valence-electron chi connectivity index (χ1n) is 9.71. The van der Waals surface area contributed by atoms with Crippen LogP contribution < -0.4 is 5.32 Å². The lowest BCUT2D eigenvalue weighted by molar-refractivity contribution is -0.132. The second-order valence-electron chi connectivity index (χ2n) is 7.39. The van der Waals surface area contributed by atoms with Crippen LogP contribution in [0.3, 0.4) is 0 Å². The quantitative estimate of drug-likeness (QED) is 0.734. The molecule has 0 unspecified atom stereocenters. The van der Waals surface area contributed by atoms with Gasteiger partial charge in [-0.3, -0.25) is 14.2 Å². The zero-order valence-electron chi connectivity index (χ0n) is 15.9. The maximum absolute atomic E-state index is 13.7. The highest BCUT2D eigenvalue weighted by atomic mass is 19.1. The number of rotatable bonds is 5. The molecule has 1 aliphatic rings. The summed E-state index contributed by atoms with van der Waals surface area (Å²) in [6.07, 6.45) is 7.82. The molecule has 2 aromatic heterocycles. The fraction of sp³-hybridized carbons (Fsp3) is 0.381. The predicted molar refractivity (Wildman–Crippen MR) is 106 cm³/mol. The van der Waals surface area contributed by atoms with E-state index >= 15 is 0 Å². The number of anilines is 1. The van der Waals surface area contributed by atoms with Crippen LogP contribution in [0, 0.1) is 11.7 Å². The molecule has 28 heavy (non-hydrogen) atoms. The van der Waals surface area contributed by atoms with E-state index < -0.39 is 0 Å². The molecule has 1 fully saturated rings. The summed E-state index contributed by atoms with van der Waals surface area (Å²) in [6, 6.07) is 6.36. The molecule has 0 radical (unpaired) electrons. The first-order valence-corrected chi connectivity index (χ1v) is 9.71. The molecule has 1 amide bonds. The van der Waals surface area contributed by atoms with Crippen LogP contribution in [0.25, 0.3) is 16.9 Å². The van der Waals surface area contributed by atoms with Crippen LogP contribution in [0.1, 0.15) is 26.2 Å². The minimum atomic E-state index is -0.312. The van der Waals surface area contributed by atoms with Crippen molar-refractivity contribution in [2.24, 2.45) is 5.92 Å². The molecule has 0 spiro atoms. The van der Waals surface area contributed by atoms with Gasteiger partial charge in [-0.1, -0.05) is 19.1 Å². The van der Waals surface area contributed by atoms with E-state index in [9.17, 15) is 9.18 Å². The summed E-state index contributed by atoms with van der Waals surface area (Å²) in [6.45, 7) is 4.37. The lowest BCUT2D eigenvalue weighted by Gasteiger charge is -2.31. The second-order valence-corrected chi connectivity index (χ2v) is 7.39. The Bertz CT molecular complexity index is 986. The fourth-order valence-corrected chi connectivity index (χ4v) is 3.77. The lowest BCUT2D eigenvalue weighted by Crippen LogP contribution is -2.39. The number of benzene rings is 1. The van der Waals surface area contributed by atoms with Gasteiger partial charge in [0.15, 0.2) is 5.65 Å². The molecule has 1 aromatic carbocycles. The Balaban J connectivity index is 1.53. The van der Waals surface area contributed by atoms with E-state index in [4.69, 9.17) is 0 Å². The maximum atomic E-state index is 13.7. The van der Waals surface area contributed by atoms with E-state index in [0.717, 1.165) is 25.3 Å². The third kappa shape index (κ3) is 3.83. The first-order chi connectivity index (χ1) is 13.6. The molecular weight excluding hydrogens is 357 g/mol. The van der Waals surface area contributed by atoms with Crippen molar-refractivity contribution in [1.82, 2.24) is 19.3 Å². The Hall–Kier alpha value is -2.96. The molecule has 1 aliphatic heterocycles. The number of hydrogen-bond acceptors (Lipinski definition) is 4. The number of imidazole rings is 1. The van der Waals surface area contributed by atoms with Gasteiger partial charge < -0.3 is 10.2 Å². The van der Waals surface area contributed by atoms with Crippen molar-refractivity contribution in [1.29, 1.82) is 0 Å². The van der Waals surface area contributed by atoms with Crippen molar-refractivity contribution in [2.45, 2.75) is 26.2 Å². The Labute approximate surface area is 163 Å². The van der Waals surface area contributed by atoms with Gasteiger partial charge in [-0.25, -0.2) is 9.37 Å². The minimum absolute atomic E-state index is 0.168. The summed E-state index contributed by atoms with van der Waals surface area (Å²) in [7, 11) is 0. The van der Waals surface area contributed by atoms with Crippen molar-refractivity contribution in [3.05, 3.63) is 48.7 Å². The third-order valence-corrected chi connectivity index (χ3v) is 5.17. The van der Waals surface area contributed by atoms with Crippen molar-refractivity contribution < 1.29 is 9.18 Å². The smallest absolute Gasteiger partial charge is 0.224 e. The summed E-state index contributed by atoms with van der Waals surface area (Å²) < 4.78 is 15.6. The van der Waals surface area contributed by atoms with E-state index in [0.29, 0.717) is 35.8 Å². The van der Waals surface area contributed by atoms with Crippen LogP contribution in [0.5, 0.6) is 0 Å². The van der Waals surface area contributed by atoms with Crippen molar-refractivity contribution in [3.8, 4) is 11.3 Å². The first kappa shape index (κ1) is 18.4. The van der Waals surface area contributed by atoms with E-state index in [1.165, 1.54) is 18.6 Å². The van der Waals surface area contributed by atoms with Gasteiger partial charge in [0, 0.05) is 44.0 Å². The number of carbonyl (C=O) groups excluding carboxylic acids is 1. The minimum Gasteiger partial charge on any atom is -0.369 e. The monoisotopic (exact) mass is 381 g/mol. The average Bonchev–Trinajstić information content (AvgIpc) is 3.07. The molecule has 0 aliphatic carbocycles. The number of carbonyl (C=O) groups is 1. The molecule has 1 N–H and O–H groups in total. The zero-order valence-corrected chi connectivity index (χ0v) is 15.9. The molecule has 3 heterocycles. The van der Waals surface area contributed by atoms with Crippen LogP contribution in [0.4, 0.5) is 10.2 Å². The summed E-state index contributed by atoms with van der Waals surface area (Å²) in [5.41, 5.74) is 1.99. The second kappa shape index (κ2) is 7.96. The highest BCUT2D eigenvalue weighted by Crippen LogP contribution is 2.29. The highest BCUT2D eigenvalue weighted by molar-refractivity contribution is 5.79. The van der Waals surface area contributed by atoms with Crippen LogP contribution in [0.2, 0.25) is 0 Å². The summed E-state index contributed by atoms with van der Waals surface area (Å²) >= 11 is 0. The number of aromatic nitrogens is 3. The van der Waals surface area contributed by atoms with Gasteiger partial charge in [-0.2, -0.15) is 0 Å². The van der Waals surface area contributed by atoms with E-state index in [1.54, 1.807) is 18.5 Å². The average molecular weight is 381 g/mol. The van der Waals surface area contributed by atoms with Gasteiger partial charge in [0.05, 0.1) is 6.20 Å². The fourth-order valence-electron chi connectivity index (χ4n) is 3.77. The Morgan fingerprint density at radius 3 is 3.11 bits per heavy atom. The van der Waals surface area contributed by atoms with Crippen molar-refractivity contribution in [3.63, 3.8) is 0 Å². The molecule has 146 valence electrons. The molecule has 7 heteroatoms. The number of nitrogens with one attached hydrogen (secondary N) is 1. The van der Waals surface area contributed by atoms with Gasteiger partial charge in [0.25, 0.3) is 0 Å².